The fourth-order valence-electron chi connectivity index (χ4n) is 2.19. The monoisotopic (exact) mass is 292 g/mol. The summed E-state index contributed by atoms with van der Waals surface area (Å²) < 4.78 is 13.2. The van der Waals surface area contributed by atoms with Gasteiger partial charge < -0.3 is 5.32 Å². The number of pyridine rings is 1. The van der Waals surface area contributed by atoms with Crippen LogP contribution in [0.25, 0.3) is 11.1 Å². The first-order valence-corrected chi connectivity index (χ1v) is 6.80. The minimum absolute atomic E-state index is 0.183. The summed E-state index contributed by atoms with van der Waals surface area (Å²) in [5, 5.41) is 2.81. The van der Waals surface area contributed by atoms with Gasteiger partial charge in [-0.1, -0.05) is 48.5 Å². The molecule has 3 aromatic rings. The molecule has 0 atom stereocenters. The van der Waals surface area contributed by atoms with Gasteiger partial charge in [-0.3, -0.25) is 9.78 Å². The molecule has 0 spiro atoms. The first-order valence-electron chi connectivity index (χ1n) is 6.80. The van der Waals surface area contributed by atoms with E-state index in [0.29, 0.717) is 5.69 Å². The maximum absolute atomic E-state index is 13.2. The van der Waals surface area contributed by atoms with Gasteiger partial charge in [-0.25, -0.2) is 4.39 Å². The minimum Gasteiger partial charge on any atom is -0.321 e. The highest BCUT2D eigenvalue weighted by molar-refractivity contribution is 6.06. The Hall–Kier alpha value is -3.01. The number of rotatable bonds is 3. The topological polar surface area (TPSA) is 42.0 Å². The SMILES string of the molecule is O=C(Nc1ccccc1-c1ccccc1)c1cncc(F)c1. The highest BCUT2D eigenvalue weighted by Gasteiger charge is 2.11. The molecule has 0 aliphatic carbocycles. The molecule has 108 valence electrons. The van der Waals surface area contributed by atoms with Crippen LogP contribution < -0.4 is 5.32 Å². The molecular formula is C18H13FN2O. The van der Waals surface area contributed by atoms with Crippen LogP contribution in [0.4, 0.5) is 10.1 Å². The highest BCUT2D eigenvalue weighted by Crippen LogP contribution is 2.27. The molecule has 0 bridgehead atoms. The van der Waals surface area contributed by atoms with Crippen molar-refractivity contribution in [1.82, 2.24) is 4.98 Å². The molecule has 3 rings (SSSR count). The number of amides is 1. The number of hydrogen-bond donors (Lipinski definition) is 1. The molecule has 0 saturated heterocycles. The van der Waals surface area contributed by atoms with Crippen LogP contribution in [0.3, 0.4) is 0 Å². The molecule has 4 heteroatoms. The average Bonchev–Trinajstić information content (AvgIpc) is 2.56. The van der Waals surface area contributed by atoms with Crippen molar-refractivity contribution in [2.24, 2.45) is 0 Å². The highest BCUT2D eigenvalue weighted by atomic mass is 19.1. The normalized spacial score (nSPS) is 10.2. The number of nitrogens with zero attached hydrogens (tertiary/aromatic N) is 1. The Balaban J connectivity index is 1.92. The number of carbonyl (C=O) groups is 1. The number of benzene rings is 2. The van der Waals surface area contributed by atoms with Crippen LogP contribution in [0.2, 0.25) is 0 Å². The number of nitrogens with one attached hydrogen (secondary N) is 1. The van der Waals surface area contributed by atoms with E-state index in [9.17, 15) is 9.18 Å². The summed E-state index contributed by atoms with van der Waals surface area (Å²) in [7, 11) is 0. The quantitative estimate of drug-likeness (QED) is 0.788. The lowest BCUT2D eigenvalue weighted by Crippen LogP contribution is -2.13. The number of halogens is 1. The molecule has 0 aliphatic rings. The molecule has 1 N–H and O–H groups in total. The Morgan fingerprint density at radius 3 is 2.45 bits per heavy atom. The van der Waals surface area contributed by atoms with Crippen LogP contribution in [0.15, 0.2) is 73.1 Å². The number of hydrogen-bond acceptors (Lipinski definition) is 2. The van der Waals surface area contributed by atoms with Gasteiger partial charge in [0.05, 0.1) is 11.8 Å². The molecule has 3 nitrogen and oxygen atoms in total. The van der Waals surface area contributed by atoms with E-state index >= 15 is 0 Å². The van der Waals surface area contributed by atoms with E-state index < -0.39 is 11.7 Å². The summed E-state index contributed by atoms with van der Waals surface area (Å²) in [5.41, 5.74) is 2.75. The van der Waals surface area contributed by atoms with Crippen LogP contribution in [0.5, 0.6) is 0 Å². The molecule has 0 saturated carbocycles. The fraction of sp³-hybridized carbons (Fsp3) is 0. The van der Waals surface area contributed by atoms with Gasteiger partial charge in [0, 0.05) is 17.4 Å². The number of aromatic nitrogens is 1. The molecule has 0 radical (unpaired) electrons. The van der Waals surface area contributed by atoms with E-state index in [0.717, 1.165) is 23.4 Å². The standard InChI is InChI=1S/C18H13FN2O/c19-15-10-14(11-20-12-15)18(22)21-17-9-5-4-8-16(17)13-6-2-1-3-7-13/h1-12H,(H,21,22). The minimum atomic E-state index is -0.538. The van der Waals surface area contributed by atoms with Crippen molar-refractivity contribution >= 4 is 11.6 Å². The van der Waals surface area contributed by atoms with Gasteiger partial charge in [-0.2, -0.15) is 0 Å². The van der Waals surface area contributed by atoms with Gasteiger partial charge in [0.2, 0.25) is 0 Å². The third-order valence-corrected chi connectivity index (χ3v) is 3.23. The van der Waals surface area contributed by atoms with Gasteiger partial charge in [-0.05, 0) is 17.7 Å². The zero-order chi connectivity index (χ0) is 15.4. The Kier molecular flexibility index (Phi) is 3.92. The van der Waals surface area contributed by atoms with Crippen LogP contribution in [0.1, 0.15) is 10.4 Å². The third kappa shape index (κ3) is 3.01. The summed E-state index contributed by atoms with van der Waals surface area (Å²) in [6.45, 7) is 0. The molecule has 0 unspecified atom stereocenters. The zero-order valence-corrected chi connectivity index (χ0v) is 11.7. The Morgan fingerprint density at radius 1 is 0.955 bits per heavy atom. The molecule has 1 heterocycles. The van der Waals surface area contributed by atoms with Gasteiger partial charge in [0.15, 0.2) is 0 Å². The third-order valence-electron chi connectivity index (χ3n) is 3.23. The maximum atomic E-state index is 13.2. The van der Waals surface area contributed by atoms with Crippen LogP contribution in [0, 0.1) is 5.82 Å². The van der Waals surface area contributed by atoms with Crippen LogP contribution in [-0.2, 0) is 0 Å². The first-order chi connectivity index (χ1) is 10.7. The van der Waals surface area contributed by atoms with Gasteiger partial charge in [0.1, 0.15) is 5.82 Å². The van der Waals surface area contributed by atoms with Gasteiger partial charge in [0.25, 0.3) is 5.91 Å². The van der Waals surface area contributed by atoms with Gasteiger partial charge >= 0.3 is 0 Å². The fourth-order valence-corrected chi connectivity index (χ4v) is 2.19. The lowest BCUT2D eigenvalue weighted by atomic mass is 10.0. The van der Waals surface area contributed by atoms with Crippen molar-refractivity contribution in [2.75, 3.05) is 5.32 Å². The van der Waals surface area contributed by atoms with Crippen molar-refractivity contribution < 1.29 is 9.18 Å². The molecular weight excluding hydrogens is 279 g/mol. The van der Waals surface area contributed by atoms with Crippen LogP contribution >= 0.6 is 0 Å². The molecule has 1 aromatic heterocycles. The predicted octanol–water partition coefficient (Wildman–Crippen LogP) is 4.14. The second kappa shape index (κ2) is 6.18. The van der Waals surface area contributed by atoms with Crippen LogP contribution in [-0.4, -0.2) is 10.9 Å². The number of para-hydroxylation sites is 1. The van der Waals surface area contributed by atoms with E-state index in [1.165, 1.54) is 6.20 Å². The lowest BCUT2D eigenvalue weighted by Gasteiger charge is -2.11. The van der Waals surface area contributed by atoms with Crippen molar-refractivity contribution in [3.8, 4) is 11.1 Å². The molecule has 1 amide bonds. The largest absolute Gasteiger partial charge is 0.321 e. The summed E-state index contributed by atoms with van der Waals surface area (Å²) >= 11 is 0. The van der Waals surface area contributed by atoms with E-state index in [1.54, 1.807) is 0 Å². The van der Waals surface area contributed by atoms with E-state index in [4.69, 9.17) is 0 Å². The lowest BCUT2D eigenvalue weighted by molar-refractivity contribution is 0.102. The summed E-state index contributed by atoms with van der Waals surface area (Å²) in [4.78, 5) is 15.9. The number of carbonyl (C=O) groups excluding carboxylic acids is 1. The van der Waals surface area contributed by atoms with E-state index in [-0.39, 0.29) is 5.56 Å². The summed E-state index contributed by atoms with van der Waals surface area (Å²) in [6, 6.07) is 18.4. The summed E-state index contributed by atoms with van der Waals surface area (Å²) in [6.07, 6.45) is 2.40. The Morgan fingerprint density at radius 2 is 1.68 bits per heavy atom. The van der Waals surface area contributed by atoms with Crippen molar-refractivity contribution in [1.29, 1.82) is 0 Å². The Labute approximate surface area is 127 Å². The maximum Gasteiger partial charge on any atom is 0.257 e. The predicted molar refractivity (Wildman–Crippen MR) is 84.0 cm³/mol. The summed E-state index contributed by atoms with van der Waals surface area (Å²) in [5.74, 6) is -0.931. The molecule has 22 heavy (non-hydrogen) atoms. The van der Waals surface area contributed by atoms with Crippen molar-refractivity contribution in [2.45, 2.75) is 0 Å². The Bertz CT molecular complexity index is 803. The van der Waals surface area contributed by atoms with E-state index in [1.807, 2.05) is 54.6 Å². The van der Waals surface area contributed by atoms with Crippen molar-refractivity contribution in [3.63, 3.8) is 0 Å². The van der Waals surface area contributed by atoms with Crippen molar-refractivity contribution in [3.05, 3.63) is 84.4 Å². The average molecular weight is 292 g/mol. The van der Waals surface area contributed by atoms with E-state index in [2.05, 4.69) is 10.3 Å². The second-order valence-corrected chi connectivity index (χ2v) is 4.76. The molecule has 0 aliphatic heterocycles. The zero-order valence-electron chi connectivity index (χ0n) is 11.7. The number of anilines is 1. The first kappa shape index (κ1) is 13.9. The second-order valence-electron chi connectivity index (χ2n) is 4.76. The van der Waals surface area contributed by atoms with Gasteiger partial charge in [-0.15, -0.1) is 0 Å². The molecule has 2 aromatic carbocycles. The smallest absolute Gasteiger partial charge is 0.257 e. The molecule has 0 fully saturated rings.